The van der Waals surface area contributed by atoms with Crippen molar-refractivity contribution < 1.29 is 14.3 Å². The number of hydrogen-bond donors (Lipinski definition) is 0. The summed E-state index contributed by atoms with van der Waals surface area (Å²) in [6.07, 6.45) is 0.716. The first-order valence-electron chi connectivity index (χ1n) is 5.87. The summed E-state index contributed by atoms with van der Waals surface area (Å²) in [4.78, 5) is 13.5. The van der Waals surface area contributed by atoms with Gasteiger partial charge < -0.3 is 10.3 Å². The summed E-state index contributed by atoms with van der Waals surface area (Å²) >= 11 is 0. The van der Waals surface area contributed by atoms with Gasteiger partial charge in [-0.2, -0.15) is 4.79 Å². The van der Waals surface area contributed by atoms with Gasteiger partial charge in [0.05, 0.1) is 0 Å². The summed E-state index contributed by atoms with van der Waals surface area (Å²) in [5.41, 5.74) is 13.2. The third-order valence-corrected chi connectivity index (χ3v) is 2.96. The van der Waals surface area contributed by atoms with Crippen LogP contribution in [0.15, 0.2) is 24.3 Å². The van der Waals surface area contributed by atoms with Gasteiger partial charge in [0, 0.05) is 5.56 Å². The molecule has 4 nitrogen and oxygen atoms in total. The third kappa shape index (κ3) is 6.37. The van der Waals surface area contributed by atoms with Gasteiger partial charge in [0.2, 0.25) is 0 Å². The topological polar surface area (TPSA) is 62.7 Å². The van der Waals surface area contributed by atoms with E-state index in [1.165, 1.54) is 0 Å². The van der Waals surface area contributed by atoms with Crippen LogP contribution in [0.4, 0.5) is 0 Å². The number of hydrogen-bond acceptors (Lipinski definition) is 2. The Balaban J connectivity index is 2.64. The van der Waals surface area contributed by atoms with Crippen LogP contribution in [0, 0.1) is 11.5 Å². The monoisotopic (exact) mass is 272 g/mol. The molecule has 0 aromatic heterocycles. The average Bonchev–Trinajstić information content (AvgIpc) is 2.34. The summed E-state index contributed by atoms with van der Waals surface area (Å²) in [6, 6.07) is 7.52. The van der Waals surface area contributed by atoms with E-state index in [2.05, 4.69) is 35.9 Å². The number of nitrogens with zero attached hydrogens (tertiary/aromatic N) is 2. The summed E-state index contributed by atoms with van der Waals surface area (Å²) in [5.74, 6) is 2.47. The second kappa shape index (κ2) is 6.69. The Morgan fingerprint density at radius 1 is 1.37 bits per heavy atom. The van der Waals surface area contributed by atoms with E-state index in [1.54, 1.807) is 0 Å². The van der Waals surface area contributed by atoms with Crippen molar-refractivity contribution in [1.82, 2.24) is 0 Å². The highest BCUT2D eigenvalue weighted by Crippen LogP contribution is 2.06. The zero-order valence-corrected chi connectivity index (χ0v) is 12.3. The van der Waals surface area contributed by atoms with E-state index < -0.39 is 14.0 Å². The van der Waals surface area contributed by atoms with E-state index in [0.29, 0.717) is 6.21 Å². The quantitative estimate of drug-likeness (QED) is 0.211. The molecule has 5 heteroatoms. The highest BCUT2D eigenvalue weighted by molar-refractivity contribution is 6.83. The molecule has 1 aromatic carbocycles. The molecule has 0 atom stereocenters. The molecule has 0 unspecified atom stereocenters. The summed E-state index contributed by atoms with van der Waals surface area (Å²) in [6.45, 7) is 6.72. The van der Waals surface area contributed by atoms with E-state index in [0.717, 1.165) is 11.1 Å². The minimum atomic E-state index is -1.36. The lowest BCUT2D eigenvalue weighted by molar-refractivity contribution is -0.140. The van der Waals surface area contributed by atoms with Crippen molar-refractivity contribution in [3.63, 3.8) is 0 Å². The lowest BCUT2D eigenvalue weighted by Gasteiger charge is -2.04. The van der Waals surface area contributed by atoms with Gasteiger partial charge in [0.15, 0.2) is 0 Å². The van der Waals surface area contributed by atoms with Crippen LogP contribution in [-0.2, 0) is 16.1 Å². The maximum atomic E-state index is 10.9. The van der Waals surface area contributed by atoms with Gasteiger partial charge in [-0.25, -0.2) is 4.79 Å². The van der Waals surface area contributed by atoms with Crippen molar-refractivity contribution in [2.75, 3.05) is 0 Å². The second-order valence-corrected chi connectivity index (χ2v) is 9.80. The van der Waals surface area contributed by atoms with Crippen molar-refractivity contribution in [2.24, 2.45) is 0 Å². The first kappa shape index (κ1) is 14.9. The SMILES string of the molecule is C[Si](C)(C)C#Cc1ccc(COC(=O)C=[N+]=[N-])cc1. The minimum absolute atomic E-state index is 0.145. The Hall–Kier alpha value is -2.15. The Kier molecular flexibility index (Phi) is 5.25. The van der Waals surface area contributed by atoms with Crippen molar-refractivity contribution in [1.29, 1.82) is 0 Å². The fraction of sp³-hybridized carbons (Fsp3) is 0.286. The average molecular weight is 272 g/mol. The Bertz CT molecular complexity index is 556. The van der Waals surface area contributed by atoms with Crippen LogP contribution in [0.2, 0.25) is 19.6 Å². The molecule has 0 radical (unpaired) electrons. The van der Waals surface area contributed by atoms with Crippen molar-refractivity contribution in [2.45, 2.75) is 26.2 Å². The summed E-state index contributed by atoms with van der Waals surface area (Å²) < 4.78 is 4.85. The first-order chi connectivity index (χ1) is 8.90. The molecule has 1 rings (SSSR count). The smallest absolute Gasteiger partial charge is 0.413 e. The molecule has 0 saturated heterocycles. The molecule has 0 bridgehead atoms. The second-order valence-electron chi connectivity index (χ2n) is 5.05. The zero-order valence-electron chi connectivity index (χ0n) is 11.3. The normalized spacial score (nSPS) is 9.84. The van der Waals surface area contributed by atoms with E-state index in [1.807, 2.05) is 24.3 Å². The molecule has 0 heterocycles. The number of rotatable bonds is 3. The maximum Gasteiger partial charge on any atom is 0.413 e. The maximum absolute atomic E-state index is 10.9. The predicted octanol–water partition coefficient (Wildman–Crippen LogP) is 2.26. The molecule has 1 aromatic rings. The van der Waals surface area contributed by atoms with Gasteiger partial charge in [0.25, 0.3) is 0 Å². The molecule has 0 aliphatic heterocycles. The van der Waals surface area contributed by atoms with Crippen LogP contribution in [0.1, 0.15) is 11.1 Å². The largest absolute Gasteiger partial charge is 0.452 e. The molecule has 98 valence electrons. The number of carbonyl (C=O) groups is 1. The highest BCUT2D eigenvalue weighted by atomic mass is 28.3. The van der Waals surface area contributed by atoms with Gasteiger partial charge in [-0.3, -0.25) is 0 Å². The van der Waals surface area contributed by atoms with Crippen molar-refractivity contribution >= 4 is 20.3 Å². The summed E-state index contributed by atoms with van der Waals surface area (Å²) in [5, 5.41) is 0. The van der Waals surface area contributed by atoms with Crippen LogP contribution in [0.5, 0.6) is 0 Å². The molecule has 0 aliphatic carbocycles. The van der Waals surface area contributed by atoms with Crippen molar-refractivity contribution in [3.8, 4) is 11.5 Å². The van der Waals surface area contributed by atoms with E-state index >= 15 is 0 Å². The molecule has 0 saturated carbocycles. The Morgan fingerprint density at radius 3 is 2.53 bits per heavy atom. The Morgan fingerprint density at radius 2 is 2.00 bits per heavy atom. The molecular formula is C14H16N2O2Si. The first-order valence-corrected chi connectivity index (χ1v) is 9.37. The predicted molar refractivity (Wildman–Crippen MR) is 76.1 cm³/mol. The molecule has 19 heavy (non-hydrogen) atoms. The number of ether oxygens (including phenoxy) is 1. The minimum Gasteiger partial charge on any atom is -0.452 e. The molecule has 0 N–H and O–H groups in total. The number of esters is 1. The third-order valence-electron chi connectivity index (χ3n) is 2.08. The van der Waals surface area contributed by atoms with Crippen LogP contribution in [0.25, 0.3) is 5.53 Å². The van der Waals surface area contributed by atoms with Gasteiger partial charge in [-0.05, 0) is 17.7 Å². The highest BCUT2D eigenvalue weighted by Gasteiger charge is 2.07. The summed E-state index contributed by atoms with van der Waals surface area (Å²) in [7, 11) is -1.36. The van der Waals surface area contributed by atoms with E-state index in [-0.39, 0.29) is 6.61 Å². The molecule has 0 spiro atoms. The fourth-order valence-corrected chi connectivity index (χ4v) is 1.70. The molecular weight excluding hydrogens is 256 g/mol. The zero-order chi connectivity index (χ0) is 14.3. The van der Waals surface area contributed by atoms with Gasteiger partial charge >= 0.3 is 12.2 Å². The van der Waals surface area contributed by atoms with Crippen LogP contribution >= 0.6 is 0 Å². The lowest BCUT2D eigenvalue weighted by Crippen LogP contribution is -2.16. The fourth-order valence-electron chi connectivity index (χ4n) is 1.18. The Labute approximate surface area is 114 Å². The van der Waals surface area contributed by atoms with Gasteiger partial charge in [-0.1, -0.05) is 37.7 Å². The van der Waals surface area contributed by atoms with Crippen LogP contribution < -0.4 is 0 Å². The lowest BCUT2D eigenvalue weighted by atomic mass is 10.1. The van der Waals surface area contributed by atoms with Gasteiger partial charge in [0.1, 0.15) is 14.7 Å². The molecule has 0 amide bonds. The molecule has 0 aliphatic rings. The molecule has 0 fully saturated rings. The number of benzene rings is 1. The van der Waals surface area contributed by atoms with E-state index in [4.69, 9.17) is 10.3 Å². The van der Waals surface area contributed by atoms with E-state index in [9.17, 15) is 4.79 Å². The van der Waals surface area contributed by atoms with Crippen LogP contribution in [-0.4, -0.2) is 25.0 Å². The van der Waals surface area contributed by atoms with Gasteiger partial charge in [-0.15, -0.1) is 5.54 Å². The van der Waals surface area contributed by atoms with Crippen LogP contribution in [0.3, 0.4) is 0 Å². The number of carbonyl (C=O) groups excluding carboxylic acids is 1. The van der Waals surface area contributed by atoms with Crippen molar-refractivity contribution in [3.05, 3.63) is 40.9 Å². The standard InChI is InChI=1S/C14H16N2O2Si/c1-19(2,3)9-8-12-4-6-13(7-5-12)11-18-14(17)10-16-15/h4-7,10H,11H2,1-3H3.